The highest BCUT2D eigenvalue weighted by molar-refractivity contribution is 7.93. The Bertz CT molecular complexity index is 1260. The van der Waals surface area contributed by atoms with E-state index in [1.807, 2.05) is 39.8 Å². The van der Waals surface area contributed by atoms with Crippen molar-refractivity contribution in [2.75, 3.05) is 9.44 Å². The Morgan fingerprint density at radius 3 is 1.50 bits per heavy atom. The Morgan fingerprint density at radius 2 is 1.00 bits per heavy atom. The predicted octanol–water partition coefficient (Wildman–Crippen LogP) is 4.52. The van der Waals surface area contributed by atoms with Crippen LogP contribution in [0.15, 0.2) is 70.5 Å². The maximum Gasteiger partial charge on any atom is 0.261 e. The van der Waals surface area contributed by atoms with E-state index in [2.05, 4.69) is 9.44 Å². The first-order valence-electron chi connectivity index (χ1n) is 9.28. The molecule has 0 aliphatic rings. The lowest BCUT2D eigenvalue weighted by Gasteiger charge is -2.15. The second kappa shape index (κ2) is 8.12. The summed E-state index contributed by atoms with van der Waals surface area (Å²) < 4.78 is 55.7. The molecular weight excluding hydrogens is 420 g/mol. The molecular formula is C22H24N2O4S2. The minimum absolute atomic E-state index is 0.0418. The first-order chi connectivity index (χ1) is 14.0. The lowest BCUT2D eigenvalue weighted by Crippen LogP contribution is -2.15. The van der Waals surface area contributed by atoms with E-state index in [0.717, 1.165) is 22.3 Å². The first kappa shape index (κ1) is 21.9. The third-order valence-corrected chi connectivity index (χ3v) is 7.42. The molecule has 0 radical (unpaired) electrons. The van der Waals surface area contributed by atoms with E-state index in [0.29, 0.717) is 5.69 Å². The van der Waals surface area contributed by atoms with Gasteiger partial charge in [-0.2, -0.15) is 0 Å². The summed E-state index contributed by atoms with van der Waals surface area (Å²) in [5.74, 6) is 0. The Morgan fingerprint density at radius 1 is 0.567 bits per heavy atom. The fourth-order valence-corrected chi connectivity index (χ4v) is 5.43. The van der Waals surface area contributed by atoms with Gasteiger partial charge in [0.1, 0.15) is 0 Å². The normalized spacial score (nSPS) is 11.9. The van der Waals surface area contributed by atoms with Gasteiger partial charge in [-0.25, -0.2) is 16.8 Å². The topological polar surface area (TPSA) is 92.3 Å². The number of nitrogens with one attached hydrogen (secondary N) is 2. The van der Waals surface area contributed by atoms with Gasteiger partial charge >= 0.3 is 0 Å². The van der Waals surface area contributed by atoms with Gasteiger partial charge in [0.15, 0.2) is 0 Å². The zero-order valence-electron chi connectivity index (χ0n) is 17.2. The molecule has 0 aromatic heterocycles. The van der Waals surface area contributed by atoms with E-state index < -0.39 is 20.0 Å². The van der Waals surface area contributed by atoms with Crippen molar-refractivity contribution in [3.63, 3.8) is 0 Å². The summed E-state index contributed by atoms with van der Waals surface area (Å²) in [6, 6.07) is 15.9. The van der Waals surface area contributed by atoms with Crippen molar-refractivity contribution in [2.24, 2.45) is 0 Å². The molecule has 30 heavy (non-hydrogen) atoms. The molecule has 0 aliphatic carbocycles. The number of hydrogen-bond donors (Lipinski definition) is 2. The van der Waals surface area contributed by atoms with Crippen molar-refractivity contribution >= 4 is 31.4 Å². The molecule has 0 amide bonds. The molecule has 0 heterocycles. The fourth-order valence-electron chi connectivity index (χ4n) is 3.17. The second-order valence-electron chi connectivity index (χ2n) is 7.32. The molecule has 8 heteroatoms. The summed E-state index contributed by atoms with van der Waals surface area (Å²) in [5.41, 5.74) is 4.49. The zero-order valence-corrected chi connectivity index (χ0v) is 18.9. The van der Waals surface area contributed by atoms with Gasteiger partial charge in [0.25, 0.3) is 20.0 Å². The van der Waals surface area contributed by atoms with E-state index in [-0.39, 0.29) is 15.5 Å². The predicted molar refractivity (Wildman–Crippen MR) is 120 cm³/mol. The summed E-state index contributed by atoms with van der Waals surface area (Å²) in [7, 11) is -7.57. The van der Waals surface area contributed by atoms with Crippen molar-refractivity contribution in [2.45, 2.75) is 37.5 Å². The van der Waals surface area contributed by atoms with Crippen LogP contribution in [0.2, 0.25) is 0 Å². The average molecular weight is 445 g/mol. The van der Waals surface area contributed by atoms with Gasteiger partial charge in [0, 0.05) is 5.69 Å². The van der Waals surface area contributed by atoms with Crippen LogP contribution >= 0.6 is 0 Å². The van der Waals surface area contributed by atoms with Crippen LogP contribution in [0.1, 0.15) is 22.3 Å². The van der Waals surface area contributed by atoms with E-state index in [4.69, 9.17) is 0 Å². The Labute approximate surface area is 178 Å². The standard InChI is InChI=1S/C22H24N2O4S2/c1-15-5-9-20(10-6-15)29(25,26)23-19-7-11-21(12-8-19)30(27,28)24-22-17(3)13-16(2)14-18(22)4/h5-14,23-24H,1-4H3. The third kappa shape index (κ3) is 4.83. The highest BCUT2D eigenvalue weighted by atomic mass is 32.2. The zero-order chi connectivity index (χ0) is 22.1. The van der Waals surface area contributed by atoms with Crippen LogP contribution in [-0.2, 0) is 20.0 Å². The van der Waals surface area contributed by atoms with Gasteiger partial charge in [0.2, 0.25) is 0 Å². The van der Waals surface area contributed by atoms with Gasteiger partial charge in [-0.1, -0.05) is 35.4 Å². The molecule has 3 aromatic carbocycles. The molecule has 0 unspecified atom stereocenters. The quantitative estimate of drug-likeness (QED) is 0.585. The Hall–Kier alpha value is -2.84. The maximum absolute atomic E-state index is 12.8. The molecule has 3 aromatic rings. The fraction of sp³-hybridized carbons (Fsp3) is 0.182. The summed E-state index contributed by atoms with van der Waals surface area (Å²) in [6.07, 6.45) is 0. The van der Waals surface area contributed by atoms with E-state index in [1.165, 1.54) is 36.4 Å². The molecule has 0 bridgehead atoms. The van der Waals surface area contributed by atoms with Crippen LogP contribution < -0.4 is 9.44 Å². The molecule has 0 fully saturated rings. The van der Waals surface area contributed by atoms with Gasteiger partial charge < -0.3 is 0 Å². The van der Waals surface area contributed by atoms with Crippen LogP contribution in [0.5, 0.6) is 0 Å². The van der Waals surface area contributed by atoms with Gasteiger partial charge in [-0.05, 0) is 75.2 Å². The van der Waals surface area contributed by atoms with E-state index in [1.54, 1.807) is 12.1 Å². The highest BCUT2D eigenvalue weighted by Gasteiger charge is 2.18. The Kier molecular flexibility index (Phi) is 5.92. The third-order valence-electron chi connectivity index (χ3n) is 4.66. The molecule has 0 saturated carbocycles. The SMILES string of the molecule is Cc1ccc(S(=O)(=O)Nc2ccc(S(=O)(=O)Nc3c(C)cc(C)cc3C)cc2)cc1. The number of aryl methyl sites for hydroxylation is 4. The minimum Gasteiger partial charge on any atom is -0.280 e. The van der Waals surface area contributed by atoms with Crippen molar-refractivity contribution in [1.82, 2.24) is 0 Å². The second-order valence-corrected chi connectivity index (χ2v) is 10.7. The highest BCUT2D eigenvalue weighted by Crippen LogP contribution is 2.26. The monoisotopic (exact) mass is 444 g/mol. The number of anilines is 2. The van der Waals surface area contributed by atoms with Gasteiger partial charge in [-0.15, -0.1) is 0 Å². The van der Waals surface area contributed by atoms with Crippen LogP contribution in [-0.4, -0.2) is 16.8 Å². The molecule has 0 atom stereocenters. The van der Waals surface area contributed by atoms with Gasteiger partial charge in [0.05, 0.1) is 15.5 Å². The Balaban J connectivity index is 1.82. The smallest absolute Gasteiger partial charge is 0.261 e. The van der Waals surface area contributed by atoms with Crippen molar-refractivity contribution in [3.05, 3.63) is 82.9 Å². The molecule has 6 nitrogen and oxygen atoms in total. The summed E-state index contributed by atoms with van der Waals surface area (Å²) >= 11 is 0. The lowest BCUT2D eigenvalue weighted by molar-refractivity contribution is 0.600. The molecule has 0 spiro atoms. The maximum atomic E-state index is 12.8. The van der Waals surface area contributed by atoms with Crippen molar-refractivity contribution in [1.29, 1.82) is 0 Å². The largest absolute Gasteiger partial charge is 0.280 e. The lowest BCUT2D eigenvalue weighted by atomic mass is 10.1. The van der Waals surface area contributed by atoms with Crippen LogP contribution in [0, 0.1) is 27.7 Å². The van der Waals surface area contributed by atoms with Crippen LogP contribution in [0.25, 0.3) is 0 Å². The molecule has 3 rings (SSSR count). The van der Waals surface area contributed by atoms with Gasteiger partial charge in [-0.3, -0.25) is 9.44 Å². The van der Waals surface area contributed by atoms with Crippen LogP contribution in [0.4, 0.5) is 11.4 Å². The molecule has 0 aliphatic heterocycles. The molecule has 0 saturated heterocycles. The summed E-state index contributed by atoms with van der Waals surface area (Å²) in [4.78, 5) is 0.178. The number of hydrogen-bond acceptors (Lipinski definition) is 4. The summed E-state index contributed by atoms with van der Waals surface area (Å²) in [6.45, 7) is 7.52. The number of benzene rings is 3. The van der Waals surface area contributed by atoms with E-state index in [9.17, 15) is 16.8 Å². The first-order valence-corrected chi connectivity index (χ1v) is 12.2. The van der Waals surface area contributed by atoms with E-state index >= 15 is 0 Å². The van der Waals surface area contributed by atoms with Crippen LogP contribution in [0.3, 0.4) is 0 Å². The number of rotatable bonds is 6. The average Bonchev–Trinajstić information content (AvgIpc) is 2.65. The molecule has 2 N–H and O–H groups in total. The minimum atomic E-state index is -3.82. The van der Waals surface area contributed by atoms with Crippen molar-refractivity contribution in [3.8, 4) is 0 Å². The molecule has 158 valence electrons. The summed E-state index contributed by atoms with van der Waals surface area (Å²) in [5, 5.41) is 0. The van der Waals surface area contributed by atoms with Crippen molar-refractivity contribution < 1.29 is 16.8 Å². The number of sulfonamides is 2.